The first-order chi connectivity index (χ1) is 5.38. The van der Waals surface area contributed by atoms with Crippen molar-refractivity contribution in [2.45, 2.75) is 25.5 Å². The summed E-state index contributed by atoms with van der Waals surface area (Å²) in [5.41, 5.74) is 2.53. The lowest BCUT2D eigenvalue weighted by molar-refractivity contribution is 0.880. The van der Waals surface area contributed by atoms with Crippen molar-refractivity contribution in [3.05, 3.63) is 17.7 Å². The van der Waals surface area contributed by atoms with Crippen molar-refractivity contribution in [1.82, 2.24) is 9.97 Å². The maximum Gasteiger partial charge on any atom is 0.0925 e. The van der Waals surface area contributed by atoms with Crippen LogP contribution < -0.4 is 0 Å². The van der Waals surface area contributed by atoms with Gasteiger partial charge in [-0.05, 0) is 12.7 Å². The lowest BCUT2D eigenvalue weighted by Crippen LogP contribution is -1.90. The molecule has 0 saturated heterocycles. The van der Waals surface area contributed by atoms with Crippen LogP contribution in [0, 0.1) is 0 Å². The molecule has 0 bridgehead atoms. The van der Waals surface area contributed by atoms with Crippen LogP contribution in [0.25, 0.3) is 0 Å². The molecule has 11 heavy (non-hydrogen) atoms. The molecule has 0 fully saturated rings. The highest BCUT2D eigenvalue weighted by molar-refractivity contribution is 7.97. The minimum atomic E-state index is 1.05. The van der Waals surface area contributed by atoms with Gasteiger partial charge in [0.25, 0.3) is 0 Å². The molecule has 0 amide bonds. The third-order valence-electron chi connectivity index (χ3n) is 1.58. The fourth-order valence-electron chi connectivity index (χ4n) is 1.07. The second-order valence-electron chi connectivity index (χ2n) is 2.51. The molecule has 0 aliphatic carbocycles. The molecule has 3 heteroatoms. The molecule has 0 atom stereocenters. The average Bonchev–Trinajstić information content (AvgIpc) is 2.39. The number of nitrogens with zero attached hydrogens (tertiary/aromatic N) is 1. The van der Waals surface area contributed by atoms with E-state index in [4.69, 9.17) is 0 Å². The van der Waals surface area contributed by atoms with E-state index in [9.17, 15) is 0 Å². The van der Waals surface area contributed by atoms with Gasteiger partial charge in [-0.3, -0.25) is 0 Å². The van der Waals surface area contributed by atoms with Crippen LogP contribution in [0.2, 0.25) is 0 Å². The molecule has 0 radical (unpaired) electrons. The summed E-state index contributed by atoms with van der Waals surface area (Å²) in [6.45, 7) is 2.18. The summed E-state index contributed by atoms with van der Waals surface area (Å²) >= 11 is 1.83. The van der Waals surface area contributed by atoms with E-state index in [0.717, 1.165) is 12.2 Å². The number of thioether (sulfide) groups is 1. The van der Waals surface area contributed by atoms with Crippen LogP contribution in [0.15, 0.2) is 6.33 Å². The quantitative estimate of drug-likeness (QED) is 0.750. The molecule has 62 valence electrons. The Morgan fingerprint density at radius 1 is 1.64 bits per heavy atom. The molecule has 0 spiro atoms. The van der Waals surface area contributed by atoms with Crippen molar-refractivity contribution >= 4 is 11.8 Å². The first-order valence-electron chi connectivity index (χ1n) is 3.88. The van der Waals surface area contributed by atoms with Gasteiger partial charge in [0.1, 0.15) is 0 Å². The summed E-state index contributed by atoms with van der Waals surface area (Å²) in [4.78, 5) is 7.42. The van der Waals surface area contributed by atoms with E-state index in [1.165, 1.54) is 17.8 Å². The van der Waals surface area contributed by atoms with E-state index >= 15 is 0 Å². The summed E-state index contributed by atoms with van der Waals surface area (Å²) in [6.07, 6.45) is 6.17. The smallest absolute Gasteiger partial charge is 0.0925 e. The Kier molecular flexibility index (Phi) is 3.49. The van der Waals surface area contributed by atoms with Gasteiger partial charge in [-0.25, -0.2) is 4.98 Å². The zero-order valence-corrected chi connectivity index (χ0v) is 7.87. The first kappa shape index (κ1) is 8.65. The van der Waals surface area contributed by atoms with E-state index in [1.807, 2.05) is 11.8 Å². The summed E-state index contributed by atoms with van der Waals surface area (Å²) in [7, 11) is 0. The van der Waals surface area contributed by atoms with Gasteiger partial charge in [-0.1, -0.05) is 13.3 Å². The molecule has 2 nitrogen and oxygen atoms in total. The SMILES string of the molecule is CCCc1nc[nH]c1CSC. The molecule has 1 aromatic heterocycles. The van der Waals surface area contributed by atoms with Crippen LogP contribution in [0.5, 0.6) is 0 Å². The van der Waals surface area contributed by atoms with E-state index < -0.39 is 0 Å². The number of aryl methyl sites for hydroxylation is 1. The molecule has 1 aromatic rings. The van der Waals surface area contributed by atoms with Crippen LogP contribution >= 0.6 is 11.8 Å². The van der Waals surface area contributed by atoms with Gasteiger partial charge in [-0.2, -0.15) is 11.8 Å². The molecule has 1 heterocycles. The van der Waals surface area contributed by atoms with Crippen molar-refractivity contribution < 1.29 is 0 Å². The molecule has 0 saturated carbocycles. The first-order valence-corrected chi connectivity index (χ1v) is 5.28. The number of rotatable bonds is 4. The normalized spacial score (nSPS) is 10.4. The maximum absolute atomic E-state index is 4.26. The molecule has 0 aliphatic rings. The van der Waals surface area contributed by atoms with Gasteiger partial charge < -0.3 is 4.98 Å². The van der Waals surface area contributed by atoms with Crippen molar-refractivity contribution in [3.63, 3.8) is 0 Å². The number of hydrogen-bond donors (Lipinski definition) is 1. The van der Waals surface area contributed by atoms with Crippen molar-refractivity contribution in [1.29, 1.82) is 0 Å². The fraction of sp³-hybridized carbons (Fsp3) is 0.625. The second kappa shape index (κ2) is 4.44. The van der Waals surface area contributed by atoms with Crippen molar-refractivity contribution in [3.8, 4) is 0 Å². The van der Waals surface area contributed by atoms with Gasteiger partial charge in [0.2, 0.25) is 0 Å². The Labute approximate surface area is 71.8 Å². The van der Waals surface area contributed by atoms with E-state index in [0.29, 0.717) is 0 Å². The molecule has 0 aromatic carbocycles. The zero-order valence-electron chi connectivity index (χ0n) is 7.05. The number of aromatic amines is 1. The van der Waals surface area contributed by atoms with Gasteiger partial charge in [0.15, 0.2) is 0 Å². The summed E-state index contributed by atoms with van der Waals surface area (Å²) < 4.78 is 0. The number of nitrogens with one attached hydrogen (secondary N) is 1. The Bertz CT molecular complexity index is 187. The van der Waals surface area contributed by atoms with Gasteiger partial charge in [0, 0.05) is 11.4 Å². The Hall–Kier alpha value is -0.440. The minimum Gasteiger partial charge on any atom is -0.348 e. The summed E-state index contributed by atoms with van der Waals surface area (Å²) in [5.74, 6) is 1.05. The Balaban J connectivity index is 2.62. The van der Waals surface area contributed by atoms with Crippen LogP contribution in [0.3, 0.4) is 0 Å². The third kappa shape index (κ3) is 2.26. The monoisotopic (exact) mass is 170 g/mol. The van der Waals surface area contributed by atoms with E-state index in [1.54, 1.807) is 6.33 Å². The predicted molar refractivity (Wildman–Crippen MR) is 49.8 cm³/mol. The van der Waals surface area contributed by atoms with Crippen LogP contribution in [0.4, 0.5) is 0 Å². The Morgan fingerprint density at radius 2 is 2.45 bits per heavy atom. The molecule has 1 N–H and O–H groups in total. The zero-order chi connectivity index (χ0) is 8.10. The fourth-order valence-corrected chi connectivity index (χ4v) is 1.61. The van der Waals surface area contributed by atoms with E-state index in [-0.39, 0.29) is 0 Å². The number of hydrogen-bond acceptors (Lipinski definition) is 2. The van der Waals surface area contributed by atoms with Crippen molar-refractivity contribution in [2.75, 3.05) is 6.26 Å². The lowest BCUT2D eigenvalue weighted by Gasteiger charge is -1.97. The van der Waals surface area contributed by atoms with Crippen LogP contribution in [-0.4, -0.2) is 16.2 Å². The molecular weight excluding hydrogens is 156 g/mol. The van der Waals surface area contributed by atoms with E-state index in [2.05, 4.69) is 23.1 Å². The predicted octanol–water partition coefficient (Wildman–Crippen LogP) is 2.23. The molecule has 1 rings (SSSR count). The van der Waals surface area contributed by atoms with Crippen LogP contribution in [0.1, 0.15) is 24.7 Å². The average molecular weight is 170 g/mol. The van der Waals surface area contributed by atoms with Gasteiger partial charge in [-0.15, -0.1) is 0 Å². The highest BCUT2D eigenvalue weighted by atomic mass is 32.2. The van der Waals surface area contributed by atoms with Crippen LogP contribution in [-0.2, 0) is 12.2 Å². The summed E-state index contributed by atoms with van der Waals surface area (Å²) in [5, 5.41) is 0. The minimum absolute atomic E-state index is 1.05. The standard InChI is InChI=1S/C8H14N2S/c1-3-4-7-8(5-11-2)10-6-9-7/h6H,3-5H2,1-2H3,(H,9,10). The maximum atomic E-state index is 4.26. The Morgan fingerprint density at radius 3 is 3.09 bits per heavy atom. The summed E-state index contributed by atoms with van der Waals surface area (Å²) in [6, 6.07) is 0. The second-order valence-corrected chi connectivity index (χ2v) is 3.38. The molecule has 0 unspecified atom stereocenters. The molecule has 0 aliphatic heterocycles. The number of imidazole rings is 1. The topological polar surface area (TPSA) is 28.7 Å². The van der Waals surface area contributed by atoms with Gasteiger partial charge >= 0.3 is 0 Å². The third-order valence-corrected chi connectivity index (χ3v) is 2.16. The molecular formula is C8H14N2S. The van der Waals surface area contributed by atoms with Crippen molar-refractivity contribution in [2.24, 2.45) is 0 Å². The highest BCUT2D eigenvalue weighted by Crippen LogP contribution is 2.11. The highest BCUT2D eigenvalue weighted by Gasteiger charge is 2.02. The number of aromatic nitrogens is 2. The largest absolute Gasteiger partial charge is 0.348 e. The number of H-pyrrole nitrogens is 1. The lowest BCUT2D eigenvalue weighted by atomic mass is 10.2. The van der Waals surface area contributed by atoms with Gasteiger partial charge in [0.05, 0.1) is 12.0 Å².